The Hall–Kier alpha value is -2.11. The first kappa shape index (κ1) is 19.2. The van der Waals surface area contributed by atoms with E-state index in [1.807, 2.05) is 12.3 Å². The number of benzene rings is 1. The summed E-state index contributed by atoms with van der Waals surface area (Å²) in [6, 6.07) is 8.55. The van der Waals surface area contributed by atoms with Crippen LogP contribution in [0.15, 0.2) is 36.5 Å². The summed E-state index contributed by atoms with van der Waals surface area (Å²) in [5.74, 6) is 0.614. The van der Waals surface area contributed by atoms with Gasteiger partial charge in [0.2, 0.25) is 0 Å². The Balaban J connectivity index is 0.00000225. The predicted molar refractivity (Wildman–Crippen MR) is 102 cm³/mol. The first-order valence-electron chi connectivity index (χ1n) is 8.03. The van der Waals surface area contributed by atoms with Crippen LogP contribution in [0, 0.1) is 19.7 Å². The molecule has 2 aromatic heterocycles. The summed E-state index contributed by atoms with van der Waals surface area (Å²) in [6.45, 7) is 6.28. The average Bonchev–Trinajstić information content (AvgIpc) is 2.84. The number of methoxy groups -OCH3 is 1. The van der Waals surface area contributed by atoms with Crippen molar-refractivity contribution in [2.75, 3.05) is 19.0 Å². The van der Waals surface area contributed by atoms with Gasteiger partial charge in [0.1, 0.15) is 5.82 Å². The molecule has 1 aromatic carbocycles. The molecule has 0 amide bonds. The lowest BCUT2D eigenvalue weighted by Gasteiger charge is -2.12. The van der Waals surface area contributed by atoms with Crippen molar-refractivity contribution in [3.05, 3.63) is 59.2 Å². The molecule has 4 nitrogen and oxygen atoms in total. The number of rotatable bonds is 6. The largest absolute Gasteiger partial charge is 0.383 e. The Morgan fingerprint density at radius 2 is 1.88 bits per heavy atom. The molecule has 0 aliphatic rings. The zero-order valence-corrected chi connectivity index (χ0v) is 15.5. The lowest BCUT2D eigenvalue weighted by Crippen LogP contribution is -2.09. The maximum atomic E-state index is 13.0. The number of anilines is 1. The van der Waals surface area contributed by atoms with Gasteiger partial charge in [-0.3, -0.25) is 0 Å². The third-order valence-corrected chi connectivity index (χ3v) is 4.44. The summed E-state index contributed by atoms with van der Waals surface area (Å²) >= 11 is 0. The van der Waals surface area contributed by atoms with Gasteiger partial charge in [-0.25, -0.2) is 9.37 Å². The van der Waals surface area contributed by atoms with E-state index < -0.39 is 0 Å². The van der Waals surface area contributed by atoms with E-state index in [9.17, 15) is 4.39 Å². The summed E-state index contributed by atoms with van der Waals surface area (Å²) < 4.78 is 20.5. The van der Waals surface area contributed by atoms with E-state index in [-0.39, 0.29) is 18.2 Å². The lowest BCUT2D eigenvalue weighted by atomic mass is 10.2. The number of halogens is 2. The lowest BCUT2D eigenvalue weighted by molar-refractivity contribution is 0.188. The molecule has 1 N–H and O–H groups in total. The quantitative estimate of drug-likeness (QED) is 0.702. The minimum absolute atomic E-state index is 0. The highest BCUT2D eigenvalue weighted by Crippen LogP contribution is 2.29. The summed E-state index contributed by atoms with van der Waals surface area (Å²) in [7, 11) is 1.71. The smallest absolute Gasteiger partial charge is 0.150 e. The maximum Gasteiger partial charge on any atom is 0.150 e. The van der Waals surface area contributed by atoms with Crippen LogP contribution >= 0.6 is 12.4 Å². The zero-order chi connectivity index (χ0) is 17.1. The predicted octanol–water partition coefficient (Wildman–Crippen LogP) is 4.47. The average molecular weight is 364 g/mol. The van der Waals surface area contributed by atoms with Crippen molar-refractivity contribution < 1.29 is 9.13 Å². The number of aryl methyl sites for hydroxylation is 1. The summed E-state index contributed by atoms with van der Waals surface area (Å²) in [5.41, 5.74) is 4.58. The maximum absolute atomic E-state index is 13.0. The molecule has 0 spiro atoms. The van der Waals surface area contributed by atoms with Gasteiger partial charge in [0.25, 0.3) is 0 Å². The minimum atomic E-state index is -0.223. The van der Waals surface area contributed by atoms with Gasteiger partial charge in [-0.15, -0.1) is 12.4 Å². The van der Waals surface area contributed by atoms with Crippen LogP contribution in [-0.2, 0) is 17.8 Å². The highest BCUT2D eigenvalue weighted by atomic mass is 35.5. The fraction of sp³-hybridized carbons (Fsp3) is 0.316. The van der Waals surface area contributed by atoms with E-state index in [0.29, 0.717) is 13.2 Å². The van der Waals surface area contributed by atoms with Gasteiger partial charge in [0.15, 0.2) is 5.82 Å². The van der Waals surface area contributed by atoms with E-state index in [1.165, 1.54) is 28.8 Å². The van der Waals surface area contributed by atoms with Gasteiger partial charge < -0.3 is 14.6 Å². The number of pyridine rings is 1. The zero-order valence-electron chi connectivity index (χ0n) is 14.7. The van der Waals surface area contributed by atoms with Crippen molar-refractivity contribution >= 4 is 29.1 Å². The number of hydrogen-bond acceptors (Lipinski definition) is 3. The molecule has 3 aromatic rings. The Morgan fingerprint density at radius 1 is 1.16 bits per heavy atom. The van der Waals surface area contributed by atoms with Crippen LogP contribution in [0.1, 0.15) is 16.8 Å². The Bertz CT molecular complexity index is 846. The topological polar surface area (TPSA) is 39.1 Å². The molecule has 25 heavy (non-hydrogen) atoms. The molecule has 0 fully saturated rings. The first-order valence-corrected chi connectivity index (χ1v) is 8.03. The van der Waals surface area contributed by atoms with Gasteiger partial charge in [-0.1, -0.05) is 12.1 Å². The van der Waals surface area contributed by atoms with Crippen molar-refractivity contribution in [1.82, 2.24) is 9.55 Å². The highest BCUT2D eigenvalue weighted by Gasteiger charge is 2.14. The number of fused-ring (bicyclic) bond motifs is 1. The van der Waals surface area contributed by atoms with Crippen molar-refractivity contribution in [1.29, 1.82) is 0 Å². The SMILES string of the molecule is COCCn1c(C)c(C)c2ccnc(NCc3ccc(F)cc3)c21.Cl. The summed E-state index contributed by atoms with van der Waals surface area (Å²) in [6.07, 6.45) is 1.82. The molecule has 2 heterocycles. The Morgan fingerprint density at radius 3 is 2.56 bits per heavy atom. The van der Waals surface area contributed by atoms with Crippen LogP contribution in [0.25, 0.3) is 10.9 Å². The Kier molecular flexibility index (Phi) is 6.39. The van der Waals surface area contributed by atoms with Gasteiger partial charge >= 0.3 is 0 Å². The normalized spacial score (nSPS) is 10.7. The molecule has 0 saturated heterocycles. The van der Waals surface area contributed by atoms with E-state index >= 15 is 0 Å². The molecule has 0 atom stereocenters. The fourth-order valence-corrected chi connectivity index (χ4v) is 2.97. The minimum Gasteiger partial charge on any atom is -0.383 e. The van der Waals surface area contributed by atoms with E-state index in [0.717, 1.165) is 23.4 Å². The van der Waals surface area contributed by atoms with Crippen molar-refractivity contribution in [2.45, 2.75) is 26.9 Å². The molecule has 0 aliphatic carbocycles. The second-order valence-electron chi connectivity index (χ2n) is 5.89. The van der Waals surface area contributed by atoms with Crippen LogP contribution in [0.4, 0.5) is 10.2 Å². The van der Waals surface area contributed by atoms with Gasteiger partial charge in [-0.2, -0.15) is 0 Å². The van der Waals surface area contributed by atoms with Gasteiger partial charge in [0.05, 0.1) is 12.1 Å². The second kappa shape index (κ2) is 8.32. The third kappa shape index (κ3) is 3.94. The van der Waals surface area contributed by atoms with Crippen molar-refractivity contribution in [2.24, 2.45) is 0 Å². The standard InChI is InChI=1S/C19H22FN3O.ClH/c1-13-14(2)23(10-11-24-3)18-17(13)8-9-21-19(18)22-12-15-4-6-16(20)7-5-15;/h4-9H,10-12H2,1-3H3,(H,21,22);1H. The molecule has 0 aliphatic heterocycles. The van der Waals surface area contributed by atoms with Crippen LogP contribution in [0.2, 0.25) is 0 Å². The van der Waals surface area contributed by atoms with Crippen LogP contribution in [0.5, 0.6) is 0 Å². The summed E-state index contributed by atoms with van der Waals surface area (Å²) in [5, 5.41) is 4.58. The fourth-order valence-electron chi connectivity index (χ4n) is 2.97. The van der Waals surface area contributed by atoms with E-state index in [1.54, 1.807) is 19.2 Å². The third-order valence-electron chi connectivity index (χ3n) is 4.44. The van der Waals surface area contributed by atoms with Crippen molar-refractivity contribution in [3.8, 4) is 0 Å². The monoisotopic (exact) mass is 363 g/mol. The number of nitrogens with one attached hydrogen (secondary N) is 1. The summed E-state index contributed by atoms with van der Waals surface area (Å²) in [4.78, 5) is 4.52. The van der Waals surface area contributed by atoms with Crippen LogP contribution in [-0.4, -0.2) is 23.3 Å². The molecule has 0 radical (unpaired) electrons. The molecule has 3 rings (SSSR count). The number of ether oxygens (including phenoxy) is 1. The van der Waals surface area contributed by atoms with E-state index in [4.69, 9.17) is 4.74 Å². The molecule has 6 heteroatoms. The molecule has 0 bridgehead atoms. The molecular weight excluding hydrogens is 341 g/mol. The first-order chi connectivity index (χ1) is 11.6. The number of nitrogens with zero attached hydrogens (tertiary/aromatic N) is 2. The molecular formula is C19H23ClFN3O. The second-order valence-corrected chi connectivity index (χ2v) is 5.89. The molecule has 134 valence electrons. The highest BCUT2D eigenvalue weighted by molar-refractivity contribution is 5.93. The van der Waals surface area contributed by atoms with Gasteiger partial charge in [-0.05, 0) is 43.2 Å². The van der Waals surface area contributed by atoms with Crippen LogP contribution < -0.4 is 5.32 Å². The van der Waals surface area contributed by atoms with Gasteiger partial charge in [0, 0.05) is 37.5 Å². The molecule has 0 saturated carbocycles. The van der Waals surface area contributed by atoms with Crippen molar-refractivity contribution in [3.63, 3.8) is 0 Å². The number of hydrogen-bond donors (Lipinski definition) is 1. The number of aromatic nitrogens is 2. The van der Waals surface area contributed by atoms with E-state index in [2.05, 4.69) is 28.7 Å². The Labute approximate surface area is 153 Å². The molecule has 0 unspecified atom stereocenters. The van der Waals surface area contributed by atoms with Crippen LogP contribution in [0.3, 0.4) is 0 Å².